The average molecular weight is 327 g/mol. The molecule has 0 spiro atoms. The summed E-state index contributed by atoms with van der Waals surface area (Å²) in [4.78, 5) is 0. The summed E-state index contributed by atoms with van der Waals surface area (Å²) in [6.45, 7) is 11.4. The van der Waals surface area contributed by atoms with Crippen molar-refractivity contribution in [2.45, 2.75) is 46.5 Å². The number of rotatable bonds is 2. The van der Waals surface area contributed by atoms with E-state index in [2.05, 4.69) is 46.8 Å². The molecule has 3 heteroatoms. The van der Waals surface area contributed by atoms with Crippen molar-refractivity contribution in [1.82, 2.24) is 0 Å². The van der Waals surface area contributed by atoms with Crippen molar-refractivity contribution in [2.24, 2.45) is 5.41 Å². The summed E-state index contributed by atoms with van der Waals surface area (Å²) < 4.78 is 17.9. The van der Waals surface area contributed by atoms with Crippen molar-refractivity contribution < 1.29 is 8.76 Å². The summed E-state index contributed by atoms with van der Waals surface area (Å²) in [6, 6.07) is 14.1. The molecule has 3 rings (SSSR count). The molecule has 0 aliphatic rings. The summed E-state index contributed by atoms with van der Waals surface area (Å²) in [7, 11) is -1.82. The van der Waals surface area contributed by atoms with Gasteiger partial charge in [-0.1, -0.05) is 58.9 Å². The van der Waals surface area contributed by atoms with Crippen LogP contribution in [0.15, 0.2) is 46.7 Å². The quantitative estimate of drug-likeness (QED) is 0.472. The summed E-state index contributed by atoms with van der Waals surface area (Å²) in [5.41, 5.74) is 2.32. The molecule has 2 nitrogen and oxygen atoms in total. The van der Waals surface area contributed by atoms with Crippen molar-refractivity contribution in [3.8, 4) is 0 Å². The number of fused-ring (bicyclic) bond motifs is 3. The van der Waals surface area contributed by atoms with Crippen LogP contribution in [-0.2, 0) is 9.98 Å². The molecule has 120 valence electrons. The van der Waals surface area contributed by atoms with Crippen LogP contribution in [0.2, 0.25) is 0 Å². The van der Waals surface area contributed by atoms with E-state index in [1.165, 1.54) is 5.56 Å². The summed E-state index contributed by atoms with van der Waals surface area (Å²) in [5, 5.41) is 2.88. The molecular formula is C20H24O2P+. The van der Waals surface area contributed by atoms with E-state index < -0.39 is 7.65 Å². The topological polar surface area (TPSA) is 30.2 Å². The molecule has 0 amide bonds. The van der Waals surface area contributed by atoms with Gasteiger partial charge in [0.2, 0.25) is 5.12 Å². The first-order chi connectivity index (χ1) is 10.7. The number of hydrogen-bond donors (Lipinski definition) is 0. The monoisotopic (exact) mass is 327 g/mol. The fraction of sp³-hybridized carbons (Fsp3) is 0.400. The van der Waals surface area contributed by atoms with Crippen LogP contribution < -0.4 is 0 Å². The first-order valence-corrected chi connectivity index (χ1v) is 9.24. The summed E-state index contributed by atoms with van der Waals surface area (Å²) in [6.07, 6.45) is 1.09. The molecule has 1 atom stereocenters. The van der Waals surface area contributed by atoms with E-state index in [1.807, 2.05) is 30.3 Å². The minimum Gasteiger partial charge on any atom is -0.250 e. The van der Waals surface area contributed by atoms with Gasteiger partial charge in [0.05, 0.1) is 0 Å². The van der Waals surface area contributed by atoms with E-state index in [0.717, 1.165) is 22.3 Å². The molecule has 0 N–H and O–H groups in total. The predicted octanol–water partition coefficient (Wildman–Crippen LogP) is 7.04. The summed E-state index contributed by atoms with van der Waals surface area (Å²) in [5.74, 6) is 0. The Hall–Kier alpha value is -1.66. The Labute approximate surface area is 138 Å². The average Bonchev–Trinajstić information content (AvgIpc) is 2.44. The van der Waals surface area contributed by atoms with Gasteiger partial charge < -0.3 is 0 Å². The Balaban J connectivity index is 2.26. The fourth-order valence-corrected chi connectivity index (χ4v) is 4.68. The lowest BCUT2D eigenvalue weighted by atomic mass is 9.72. The smallest absolute Gasteiger partial charge is 0.250 e. The van der Waals surface area contributed by atoms with Gasteiger partial charge in [-0.15, -0.1) is 0 Å². The number of benzene rings is 2. The third kappa shape index (κ3) is 3.19. The van der Waals surface area contributed by atoms with Crippen molar-refractivity contribution in [3.63, 3.8) is 0 Å². The van der Waals surface area contributed by atoms with Gasteiger partial charge in [0.25, 0.3) is 0 Å². The highest BCUT2D eigenvalue weighted by molar-refractivity contribution is 7.37. The molecule has 0 aliphatic carbocycles. The molecular weight excluding hydrogens is 303 g/mol. The standard InChI is InChI=1S/C20H24O2P/c1-19(2,3)13-20(4,5)14-10-11-18-16(12-14)15-8-6-7-9-17(15)22-23(18)21/h6-12H,13H2,1-5H3/q+1. The molecule has 0 radical (unpaired) electrons. The molecule has 0 saturated heterocycles. The van der Waals surface area contributed by atoms with Crippen molar-refractivity contribution >= 4 is 29.1 Å². The van der Waals surface area contributed by atoms with Gasteiger partial charge in [-0.25, -0.2) is 4.20 Å². The third-order valence-corrected chi connectivity index (χ3v) is 5.45. The van der Waals surface area contributed by atoms with E-state index in [1.54, 1.807) is 0 Å². The van der Waals surface area contributed by atoms with Crippen LogP contribution in [0.1, 0.15) is 46.6 Å². The first kappa shape index (κ1) is 16.2. The van der Waals surface area contributed by atoms with Crippen LogP contribution in [0.4, 0.5) is 0 Å². The molecule has 2 aromatic carbocycles. The number of hydrogen-bond acceptors (Lipinski definition) is 2. The van der Waals surface area contributed by atoms with Crippen LogP contribution in [-0.4, -0.2) is 0 Å². The van der Waals surface area contributed by atoms with Gasteiger partial charge in [-0.3, -0.25) is 0 Å². The summed E-state index contributed by atoms with van der Waals surface area (Å²) >= 11 is 0. The van der Waals surface area contributed by atoms with Gasteiger partial charge in [0.1, 0.15) is 0 Å². The van der Waals surface area contributed by atoms with Crippen LogP contribution in [0.25, 0.3) is 21.5 Å². The molecule has 0 saturated carbocycles. The third-order valence-electron chi connectivity index (χ3n) is 4.31. The molecule has 1 heterocycles. The molecule has 3 aromatic rings. The largest absolute Gasteiger partial charge is 0.597 e. The second kappa shape index (κ2) is 5.46. The number of para-hydroxylation sites is 1. The maximum atomic E-state index is 12.4. The minimum atomic E-state index is -1.82. The zero-order valence-corrected chi connectivity index (χ0v) is 15.4. The highest BCUT2D eigenvalue weighted by atomic mass is 31.1. The molecule has 1 aromatic heterocycles. The van der Waals surface area contributed by atoms with Gasteiger partial charge in [0.15, 0.2) is 5.58 Å². The molecule has 23 heavy (non-hydrogen) atoms. The molecule has 0 fully saturated rings. The molecule has 0 bridgehead atoms. The maximum absolute atomic E-state index is 12.4. The minimum absolute atomic E-state index is 0.0617. The van der Waals surface area contributed by atoms with Gasteiger partial charge in [0, 0.05) is 10.8 Å². The van der Waals surface area contributed by atoms with Gasteiger partial charge in [-0.05, 0) is 45.6 Å². The second-order valence-corrected chi connectivity index (χ2v) is 9.38. The van der Waals surface area contributed by atoms with Gasteiger partial charge in [-0.2, -0.15) is 0 Å². The lowest BCUT2D eigenvalue weighted by Gasteiger charge is -2.33. The Kier molecular flexibility index (Phi) is 3.84. The van der Waals surface area contributed by atoms with Crippen LogP contribution in [0.5, 0.6) is 0 Å². The van der Waals surface area contributed by atoms with Gasteiger partial charge >= 0.3 is 7.65 Å². The Morgan fingerprint density at radius 2 is 1.65 bits per heavy atom. The Morgan fingerprint density at radius 3 is 2.35 bits per heavy atom. The Morgan fingerprint density at radius 1 is 0.957 bits per heavy atom. The fourth-order valence-electron chi connectivity index (χ4n) is 3.67. The van der Waals surface area contributed by atoms with E-state index >= 15 is 0 Å². The van der Waals surface area contributed by atoms with Crippen LogP contribution in [0, 0.1) is 5.41 Å². The highest BCUT2D eigenvalue weighted by Gasteiger charge is 2.28. The lowest BCUT2D eigenvalue weighted by molar-refractivity contribution is 0.284. The zero-order valence-electron chi connectivity index (χ0n) is 14.5. The SMILES string of the molecule is CC(C)(C)CC(C)(C)c1ccc2c(c1)c1ccccc1o[p+]2=O. The van der Waals surface area contributed by atoms with E-state index in [4.69, 9.17) is 4.20 Å². The van der Waals surface area contributed by atoms with E-state index in [0.29, 0.717) is 5.58 Å². The van der Waals surface area contributed by atoms with Crippen LogP contribution >= 0.6 is 7.65 Å². The second-order valence-electron chi connectivity index (χ2n) is 8.20. The normalized spacial score (nSPS) is 13.7. The maximum Gasteiger partial charge on any atom is 0.597 e. The van der Waals surface area contributed by atoms with Crippen LogP contribution in [0.3, 0.4) is 0 Å². The highest BCUT2D eigenvalue weighted by Crippen LogP contribution is 2.40. The van der Waals surface area contributed by atoms with E-state index in [9.17, 15) is 4.57 Å². The van der Waals surface area contributed by atoms with Crippen molar-refractivity contribution in [3.05, 3.63) is 48.0 Å². The van der Waals surface area contributed by atoms with Crippen molar-refractivity contribution in [2.75, 3.05) is 0 Å². The van der Waals surface area contributed by atoms with E-state index in [-0.39, 0.29) is 10.8 Å². The zero-order chi connectivity index (χ0) is 16.8. The predicted molar refractivity (Wildman–Crippen MR) is 98.4 cm³/mol. The first-order valence-electron chi connectivity index (χ1n) is 8.07. The Bertz CT molecular complexity index is 930. The van der Waals surface area contributed by atoms with Crippen molar-refractivity contribution in [1.29, 1.82) is 0 Å². The lowest BCUT2D eigenvalue weighted by Crippen LogP contribution is -2.24. The molecule has 0 aliphatic heterocycles. The molecule has 1 unspecified atom stereocenters.